The van der Waals surface area contributed by atoms with Crippen LogP contribution in [0.1, 0.15) is 40.5 Å². The smallest absolute Gasteiger partial charge is 0.295 e. The van der Waals surface area contributed by atoms with E-state index < -0.39 is 10.7 Å². The summed E-state index contributed by atoms with van der Waals surface area (Å²) >= 11 is 0. The third-order valence-electron chi connectivity index (χ3n) is 1.88. The van der Waals surface area contributed by atoms with E-state index in [1.807, 2.05) is 20.8 Å². The van der Waals surface area contributed by atoms with Crippen LogP contribution in [0.4, 0.5) is 0 Å². The van der Waals surface area contributed by atoms with E-state index in [4.69, 9.17) is 0 Å². The lowest BCUT2D eigenvalue weighted by Gasteiger charge is -2.27. The Hall–Kier alpha value is -0.800. The summed E-state index contributed by atoms with van der Waals surface area (Å²) < 4.78 is 0. The monoisotopic (exact) mass is 175 g/mol. The summed E-state index contributed by atoms with van der Waals surface area (Å²) in [6.07, 6.45) is 1.37. The fourth-order valence-corrected chi connectivity index (χ4v) is 1.29. The Labute approximate surface area is 73.0 Å². The molecule has 0 rings (SSSR count). The zero-order valence-corrected chi connectivity index (χ0v) is 8.16. The van der Waals surface area contributed by atoms with Crippen molar-refractivity contribution in [3.63, 3.8) is 0 Å². The minimum absolute atomic E-state index is 0.412. The third-order valence-corrected chi connectivity index (χ3v) is 1.88. The summed E-state index contributed by atoms with van der Waals surface area (Å²) in [5.74, 6) is 0.412. The van der Waals surface area contributed by atoms with Gasteiger partial charge in [0.15, 0.2) is 0 Å². The van der Waals surface area contributed by atoms with Crippen molar-refractivity contribution in [2.45, 2.75) is 46.1 Å². The zero-order chi connectivity index (χ0) is 9.78. The molecule has 0 bridgehead atoms. The van der Waals surface area contributed by atoms with Gasteiger partial charge in [-0.05, 0) is 25.7 Å². The second-order valence-corrected chi connectivity index (χ2v) is 3.72. The first-order chi connectivity index (χ1) is 5.39. The van der Waals surface area contributed by atoms with Gasteiger partial charge < -0.3 is 4.84 Å². The van der Waals surface area contributed by atoms with E-state index in [0.717, 1.165) is 0 Å². The van der Waals surface area contributed by atoms with E-state index in [-0.39, 0.29) is 0 Å². The van der Waals surface area contributed by atoms with Crippen LogP contribution < -0.4 is 0 Å². The van der Waals surface area contributed by atoms with Crippen molar-refractivity contribution in [3.05, 3.63) is 10.1 Å². The third kappa shape index (κ3) is 4.16. The molecule has 0 saturated carbocycles. The fourth-order valence-electron chi connectivity index (χ4n) is 1.29. The maximum absolute atomic E-state index is 10.1. The van der Waals surface area contributed by atoms with Crippen molar-refractivity contribution in [2.24, 2.45) is 5.92 Å². The zero-order valence-electron chi connectivity index (χ0n) is 8.16. The molecule has 1 atom stereocenters. The van der Waals surface area contributed by atoms with E-state index in [9.17, 15) is 10.1 Å². The van der Waals surface area contributed by atoms with Gasteiger partial charge in [0.2, 0.25) is 0 Å². The Morgan fingerprint density at radius 2 is 2.08 bits per heavy atom. The van der Waals surface area contributed by atoms with Gasteiger partial charge in [-0.15, -0.1) is 10.1 Å². The molecule has 0 fully saturated rings. The molecule has 0 aromatic rings. The van der Waals surface area contributed by atoms with Crippen molar-refractivity contribution in [2.75, 3.05) is 0 Å². The molecule has 0 aliphatic rings. The average Bonchev–Trinajstić information content (AvgIpc) is 1.83. The SMILES string of the molecule is CCC(C)(CC(C)C)O[N+](=O)[O-]. The highest BCUT2D eigenvalue weighted by atomic mass is 17.0. The first-order valence-corrected chi connectivity index (χ1v) is 4.23. The molecule has 0 aromatic carbocycles. The number of hydrogen-bond donors (Lipinski definition) is 0. The number of rotatable bonds is 5. The molecule has 0 spiro atoms. The molecule has 0 radical (unpaired) electrons. The summed E-state index contributed by atoms with van der Waals surface area (Å²) in [5.41, 5.74) is -0.613. The van der Waals surface area contributed by atoms with Crippen LogP contribution >= 0.6 is 0 Å². The Morgan fingerprint density at radius 1 is 1.58 bits per heavy atom. The van der Waals surface area contributed by atoms with Crippen molar-refractivity contribution in [3.8, 4) is 0 Å². The van der Waals surface area contributed by atoms with E-state index in [0.29, 0.717) is 18.8 Å². The van der Waals surface area contributed by atoms with Crippen molar-refractivity contribution in [1.29, 1.82) is 0 Å². The lowest BCUT2D eigenvalue weighted by Crippen LogP contribution is -2.32. The Balaban J connectivity index is 4.13. The summed E-state index contributed by atoms with van der Waals surface area (Å²) in [4.78, 5) is 14.8. The first kappa shape index (κ1) is 11.2. The molecular weight excluding hydrogens is 158 g/mol. The molecule has 0 aliphatic carbocycles. The van der Waals surface area contributed by atoms with Gasteiger partial charge in [0.05, 0.1) is 0 Å². The molecule has 0 amide bonds. The molecule has 1 unspecified atom stereocenters. The van der Waals surface area contributed by atoms with Crippen molar-refractivity contribution < 1.29 is 9.92 Å². The van der Waals surface area contributed by atoms with Gasteiger partial charge in [0.1, 0.15) is 5.60 Å². The first-order valence-electron chi connectivity index (χ1n) is 4.23. The predicted molar refractivity (Wildman–Crippen MR) is 46.2 cm³/mol. The minimum atomic E-state index is -0.703. The van der Waals surface area contributed by atoms with Crippen LogP contribution in [-0.2, 0) is 4.84 Å². The standard InChI is InChI=1S/C8H17NO3/c1-5-8(4,6-7(2)3)12-9(10)11/h7H,5-6H2,1-4H3. The van der Waals surface area contributed by atoms with E-state index in [1.54, 1.807) is 6.92 Å². The normalized spacial score (nSPS) is 15.8. The van der Waals surface area contributed by atoms with E-state index in [2.05, 4.69) is 4.84 Å². The van der Waals surface area contributed by atoms with E-state index in [1.165, 1.54) is 0 Å². The summed E-state index contributed by atoms with van der Waals surface area (Å²) in [7, 11) is 0. The fraction of sp³-hybridized carbons (Fsp3) is 1.00. The van der Waals surface area contributed by atoms with Crippen LogP contribution in [-0.4, -0.2) is 10.7 Å². The lowest BCUT2D eigenvalue weighted by atomic mass is 9.92. The van der Waals surface area contributed by atoms with Gasteiger partial charge in [0.25, 0.3) is 5.09 Å². The van der Waals surface area contributed by atoms with Gasteiger partial charge >= 0.3 is 0 Å². The molecule has 72 valence electrons. The van der Waals surface area contributed by atoms with Gasteiger partial charge in [-0.2, -0.15) is 0 Å². The molecule has 4 heteroatoms. The quantitative estimate of drug-likeness (QED) is 0.476. The highest BCUT2D eigenvalue weighted by Crippen LogP contribution is 2.24. The summed E-state index contributed by atoms with van der Waals surface area (Å²) in [5, 5.41) is 9.44. The van der Waals surface area contributed by atoms with Crippen molar-refractivity contribution in [1.82, 2.24) is 0 Å². The molecule has 12 heavy (non-hydrogen) atoms. The minimum Gasteiger partial charge on any atom is -0.308 e. The molecule has 0 saturated heterocycles. The van der Waals surface area contributed by atoms with Crippen LogP contribution in [0.3, 0.4) is 0 Å². The molecule has 0 N–H and O–H groups in total. The number of nitrogens with zero attached hydrogens (tertiary/aromatic N) is 1. The second-order valence-electron chi connectivity index (χ2n) is 3.72. The van der Waals surface area contributed by atoms with Crippen LogP contribution in [0.15, 0.2) is 0 Å². The van der Waals surface area contributed by atoms with Crippen LogP contribution in [0, 0.1) is 16.0 Å². The number of hydrogen-bond acceptors (Lipinski definition) is 3. The van der Waals surface area contributed by atoms with Crippen LogP contribution in [0.5, 0.6) is 0 Å². The van der Waals surface area contributed by atoms with Crippen LogP contribution in [0.2, 0.25) is 0 Å². The predicted octanol–water partition coefficient (Wildman–Crippen LogP) is 2.41. The van der Waals surface area contributed by atoms with Gasteiger partial charge in [-0.1, -0.05) is 20.8 Å². The highest BCUT2D eigenvalue weighted by molar-refractivity contribution is 4.72. The topological polar surface area (TPSA) is 52.4 Å². The Bertz CT molecular complexity index is 158. The highest BCUT2D eigenvalue weighted by Gasteiger charge is 2.27. The maximum atomic E-state index is 10.1. The Kier molecular flexibility index (Phi) is 4.00. The Morgan fingerprint density at radius 3 is 2.33 bits per heavy atom. The summed E-state index contributed by atoms with van der Waals surface area (Å²) in [6, 6.07) is 0. The lowest BCUT2D eigenvalue weighted by molar-refractivity contribution is -0.781. The van der Waals surface area contributed by atoms with Crippen LogP contribution in [0.25, 0.3) is 0 Å². The maximum Gasteiger partial charge on any atom is 0.295 e. The molecular formula is C8H17NO3. The molecule has 0 aliphatic heterocycles. The second kappa shape index (κ2) is 4.28. The van der Waals surface area contributed by atoms with Gasteiger partial charge in [-0.3, -0.25) is 0 Å². The summed E-state index contributed by atoms with van der Waals surface area (Å²) in [6.45, 7) is 7.72. The van der Waals surface area contributed by atoms with Gasteiger partial charge in [-0.25, -0.2) is 0 Å². The van der Waals surface area contributed by atoms with E-state index >= 15 is 0 Å². The van der Waals surface area contributed by atoms with Crippen molar-refractivity contribution >= 4 is 0 Å². The molecule has 4 nitrogen and oxygen atoms in total. The van der Waals surface area contributed by atoms with Gasteiger partial charge in [0, 0.05) is 0 Å². The largest absolute Gasteiger partial charge is 0.308 e. The average molecular weight is 175 g/mol. The molecule has 0 heterocycles. The molecule has 0 aromatic heterocycles.